The average molecular weight is 739 g/mol. The van der Waals surface area contributed by atoms with Crippen molar-refractivity contribution < 1.29 is 24.2 Å². The highest BCUT2D eigenvalue weighted by molar-refractivity contribution is 7.99. The molecule has 1 saturated heterocycles. The average Bonchev–Trinajstić information content (AvgIpc) is 3.48. The van der Waals surface area contributed by atoms with E-state index in [1.165, 1.54) is 68.1 Å². The molecular formula is C44H67FN2O4S. The van der Waals surface area contributed by atoms with Crippen molar-refractivity contribution in [3.05, 3.63) is 35.5 Å². The quantitative estimate of drug-likeness (QED) is 0.203. The summed E-state index contributed by atoms with van der Waals surface area (Å²) in [5.74, 6) is 2.92. The molecule has 4 saturated carbocycles. The maximum Gasteiger partial charge on any atom is 0.321 e. The number of nitrogens with one attached hydrogen (secondary N) is 1. The van der Waals surface area contributed by atoms with Crippen LogP contribution in [0.25, 0.3) is 0 Å². The van der Waals surface area contributed by atoms with Crippen molar-refractivity contribution in [3.63, 3.8) is 0 Å². The van der Waals surface area contributed by atoms with Gasteiger partial charge in [0.15, 0.2) is 0 Å². The van der Waals surface area contributed by atoms with Gasteiger partial charge >= 0.3 is 11.9 Å². The summed E-state index contributed by atoms with van der Waals surface area (Å²) in [6, 6.07) is -0.380. The third kappa shape index (κ3) is 5.67. The minimum absolute atomic E-state index is 0.0221. The highest BCUT2D eigenvalue weighted by Crippen LogP contribution is 2.76. The van der Waals surface area contributed by atoms with E-state index in [4.69, 9.17) is 0 Å². The van der Waals surface area contributed by atoms with Gasteiger partial charge in [-0.25, -0.2) is 4.39 Å². The summed E-state index contributed by atoms with van der Waals surface area (Å²) in [6.45, 7) is 21.4. The standard InChI is InChI=1S/C44H67FN2O4S/c1-28(2)30-12-19-44(46-22-23-47-24-25-52-26-33(47)37(48)49)21-20-41(6)32(36(30)44)8-9-35-40(5)15-13-31(39(3,4)34(40)14-16-42(35,41)7)29-10-17-43(27-45,18-11-29)38(50)51/h10,13,30,32-36,46H,1,8-9,11-12,14-27H2,2-7H3,(H,48,49)(H,50,51)/t30-,32?,33?,34-,35+,36+,40?,41+,42?,43+,44-/m0/s1. The Morgan fingerprint density at radius 1 is 0.962 bits per heavy atom. The number of allylic oxidation sites excluding steroid dienone is 5. The molecule has 0 aromatic rings. The first-order valence-electron chi connectivity index (χ1n) is 20.6. The number of halogens is 1. The molecule has 0 spiro atoms. The lowest BCUT2D eigenvalue weighted by Crippen LogP contribution is -2.68. The van der Waals surface area contributed by atoms with Crippen molar-refractivity contribution >= 4 is 23.7 Å². The first kappa shape index (κ1) is 38.6. The predicted octanol–water partition coefficient (Wildman–Crippen LogP) is 9.18. The van der Waals surface area contributed by atoms with Gasteiger partial charge in [0, 0.05) is 36.7 Å². The van der Waals surface area contributed by atoms with Crippen LogP contribution in [0, 0.1) is 56.7 Å². The Morgan fingerprint density at radius 2 is 1.73 bits per heavy atom. The molecular weight excluding hydrogens is 672 g/mol. The van der Waals surface area contributed by atoms with Gasteiger partial charge in [0.1, 0.15) is 12.7 Å². The molecule has 0 aromatic heterocycles. The molecule has 290 valence electrons. The van der Waals surface area contributed by atoms with Crippen molar-refractivity contribution in [3.8, 4) is 0 Å². The number of aliphatic carboxylic acids is 2. The zero-order valence-corrected chi connectivity index (χ0v) is 33.8. The molecule has 0 bridgehead atoms. The SMILES string of the molecule is C=C(C)[C@@H]1CC[C@]2(NCCN3CCSCC3C(=O)O)CC[C@]3(C)C(CC[C@@H]4C5(C)CC=C(C6=CC[C@@](CF)(C(=O)O)CC6)C(C)(C)[C@@H]5CCC43C)[C@@H]12. The molecule has 11 atom stereocenters. The number of rotatable bonds is 9. The van der Waals surface area contributed by atoms with Crippen LogP contribution in [-0.4, -0.2) is 76.4 Å². The summed E-state index contributed by atoms with van der Waals surface area (Å²) < 4.78 is 14.0. The highest BCUT2D eigenvalue weighted by Gasteiger charge is 2.70. The maximum atomic E-state index is 14.0. The number of carboxylic acids is 2. The Balaban J connectivity index is 1.14. The summed E-state index contributed by atoms with van der Waals surface area (Å²) in [5.41, 5.74) is 3.49. The van der Waals surface area contributed by atoms with Gasteiger partial charge in [0.2, 0.25) is 0 Å². The van der Waals surface area contributed by atoms with E-state index in [1.54, 1.807) is 11.8 Å². The van der Waals surface area contributed by atoms with Crippen LogP contribution in [0.1, 0.15) is 119 Å². The second-order valence-corrected chi connectivity index (χ2v) is 21.1. The molecule has 8 heteroatoms. The molecule has 4 unspecified atom stereocenters. The lowest BCUT2D eigenvalue weighted by Gasteiger charge is -2.72. The maximum absolute atomic E-state index is 14.0. The number of fused-ring (bicyclic) bond motifs is 7. The summed E-state index contributed by atoms with van der Waals surface area (Å²) in [4.78, 5) is 26.2. The first-order chi connectivity index (χ1) is 24.5. The van der Waals surface area contributed by atoms with Gasteiger partial charge in [-0.2, -0.15) is 11.8 Å². The monoisotopic (exact) mass is 738 g/mol. The summed E-state index contributed by atoms with van der Waals surface area (Å²) in [7, 11) is 0. The number of thioether (sulfide) groups is 1. The summed E-state index contributed by atoms with van der Waals surface area (Å²) >= 11 is 1.76. The Morgan fingerprint density at radius 3 is 2.38 bits per heavy atom. The van der Waals surface area contributed by atoms with Crippen molar-refractivity contribution in [2.75, 3.05) is 37.8 Å². The van der Waals surface area contributed by atoms with Crippen LogP contribution in [0.2, 0.25) is 0 Å². The number of alkyl halides is 1. The van der Waals surface area contributed by atoms with Crippen LogP contribution < -0.4 is 5.32 Å². The second kappa shape index (κ2) is 13.5. The van der Waals surface area contributed by atoms with Crippen LogP contribution in [0.15, 0.2) is 35.5 Å². The number of hydrogen-bond donors (Lipinski definition) is 3. The lowest BCUT2D eigenvalue weighted by atomic mass is 9.33. The van der Waals surface area contributed by atoms with Crippen LogP contribution in [0.5, 0.6) is 0 Å². The molecule has 5 fully saturated rings. The van der Waals surface area contributed by atoms with Crippen molar-refractivity contribution in [1.82, 2.24) is 10.2 Å². The predicted molar refractivity (Wildman–Crippen MR) is 209 cm³/mol. The Hall–Kier alpha value is -1.64. The smallest absolute Gasteiger partial charge is 0.321 e. The van der Waals surface area contributed by atoms with Gasteiger partial charge in [0.05, 0.1) is 5.41 Å². The molecule has 0 aromatic carbocycles. The van der Waals surface area contributed by atoms with Crippen molar-refractivity contribution in [2.45, 2.75) is 130 Å². The third-order valence-electron chi connectivity index (χ3n) is 17.7. The fourth-order valence-corrected chi connectivity index (χ4v) is 15.8. The van der Waals surface area contributed by atoms with E-state index in [0.717, 1.165) is 31.8 Å². The molecule has 1 heterocycles. The van der Waals surface area contributed by atoms with Gasteiger partial charge in [0.25, 0.3) is 0 Å². The fourth-order valence-electron chi connectivity index (χ4n) is 14.7. The number of carboxylic acid groups (broad SMARTS) is 2. The third-order valence-corrected chi connectivity index (χ3v) is 18.7. The number of carbonyl (C=O) groups is 2. The van der Waals surface area contributed by atoms with E-state index >= 15 is 0 Å². The minimum atomic E-state index is -1.26. The zero-order valence-electron chi connectivity index (χ0n) is 33.0. The van der Waals surface area contributed by atoms with E-state index in [9.17, 15) is 24.2 Å². The fraction of sp³-hybridized carbons (Fsp3) is 0.818. The largest absolute Gasteiger partial charge is 0.481 e. The van der Waals surface area contributed by atoms with Crippen LogP contribution in [-0.2, 0) is 9.59 Å². The summed E-state index contributed by atoms with van der Waals surface area (Å²) in [6.07, 6.45) is 16.8. The molecule has 6 aliphatic carbocycles. The van der Waals surface area contributed by atoms with E-state index in [1.807, 2.05) is 0 Å². The molecule has 0 radical (unpaired) electrons. The van der Waals surface area contributed by atoms with Gasteiger partial charge in [-0.15, -0.1) is 0 Å². The zero-order chi connectivity index (χ0) is 37.5. The van der Waals surface area contributed by atoms with Crippen LogP contribution in [0.3, 0.4) is 0 Å². The summed E-state index contributed by atoms with van der Waals surface area (Å²) in [5, 5.41) is 23.9. The molecule has 52 heavy (non-hydrogen) atoms. The molecule has 1 aliphatic heterocycles. The Labute approximate surface area is 317 Å². The van der Waals surface area contributed by atoms with Crippen molar-refractivity contribution in [1.29, 1.82) is 0 Å². The number of hydrogen-bond acceptors (Lipinski definition) is 5. The second-order valence-electron chi connectivity index (χ2n) is 19.9. The number of nitrogens with zero attached hydrogens (tertiary/aromatic N) is 1. The molecule has 7 rings (SSSR count). The minimum Gasteiger partial charge on any atom is -0.481 e. The normalized spacial score (nSPS) is 45.8. The van der Waals surface area contributed by atoms with E-state index in [2.05, 4.69) is 70.5 Å². The van der Waals surface area contributed by atoms with E-state index < -0.39 is 24.0 Å². The Kier molecular flexibility index (Phi) is 10.1. The molecule has 7 aliphatic rings. The van der Waals surface area contributed by atoms with Gasteiger partial charge in [-0.1, -0.05) is 58.9 Å². The van der Waals surface area contributed by atoms with Gasteiger partial charge < -0.3 is 15.5 Å². The lowest BCUT2D eigenvalue weighted by molar-refractivity contribution is -0.221. The molecule has 6 nitrogen and oxygen atoms in total. The highest BCUT2D eigenvalue weighted by atomic mass is 32.2. The molecule has 3 N–H and O–H groups in total. The van der Waals surface area contributed by atoms with Gasteiger partial charge in [-0.05, 0) is 146 Å². The molecule has 0 amide bonds. The van der Waals surface area contributed by atoms with Crippen LogP contribution >= 0.6 is 11.8 Å². The van der Waals surface area contributed by atoms with Gasteiger partial charge in [-0.3, -0.25) is 14.5 Å². The van der Waals surface area contributed by atoms with E-state index in [-0.39, 0.29) is 39.7 Å². The van der Waals surface area contributed by atoms with Crippen molar-refractivity contribution in [2.24, 2.45) is 56.7 Å². The topological polar surface area (TPSA) is 89.9 Å². The first-order valence-corrected chi connectivity index (χ1v) is 21.8. The van der Waals surface area contributed by atoms with E-state index in [0.29, 0.717) is 48.2 Å². The van der Waals surface area contributed by atoms with Crippen LogP contribution in [0.4, 0.5) is 4.39 Å². The Bertz CT molecular complexity index is 1530.